The summed E-state index contributed by atoms with van der Waals surface area (Å²) in [5.74, 6) is 0.602. The van der Waals surface area contributed by atoms with Crippen LogP contribution in [0.2, 0.25) is 0 Å². The van der Waals surface area contributed by atoms with E-state index in [2.05, 4.69) is 16.4 Å². The Hall–Kier alpha value is -3.59. The third-order valence-corrected chi connectivity index (χ3v) is 4.91. The molecular formula is C24H27N5O. The molecule has 30 heavy (non-hydrogen) atoms. The molecule has 0 saturated heterocycles. The maximum atomic E-state index is 13.3. The molecule has 2 amide bonds. The highest BCUT2D eigenvalue weighted by Gasteiger charge is 2.22. The number of benzene rings is 1. The average molecular weight is 402 g/mol. The van der Waals surface area contributed by atoms with Gasteiger partial charge in [0.1, 0.15) is 11.9 Å². The molecule has 0 aliphatic carbocycles. The Morgan fingerprint density at radius 3 is 2.60 bits per heavy atom. The number of aromatic nitrogens is 2. The largest absolute Gasteiger partial charge is 0.328 e. The van der Waals surface area contributed by atoms with E-state index in [0.29, 0.717) is 24.5 Å². The number of hydrogen-bond donors (Lipinski definition) is 1. The summed E-state index contributed by atoms with van der Waals surface area (Å²) in [6, 6.07) is 15.5. The first kappa shape index (κ1) is 21.1. The van der Waals surface area contributed by atoms with Gasteiger partial charge in [0.15, 0.2) is 0 Å². The fraction of sp³-hybridized carbons (Fsp3) is 0.292. The molecular weight excluding hydrogens is 374 g/mol. The molecule has 0 atom stereocenters. The van der Waals surface area contributed by atoms with E-state index in [-0.39, 0.29) is 11.6 Å². The molecule has 3 aromatic rings. The first-order valence-corrected chi connectivity index (χ1v) is 9.90. The Bertz CT molecular complexity index is 1060. The highest BCUT2D eigenvalue weighted by Crippen LogP contribution is 2.25. The van der Waals surface area contributed by atoms with Crippen LogP contribution < -0.4 is 5.32 Å². The van der Waals surface area contributed by atoms with Crippen molar-refractivity contribution in [3.8, 4) is 6.07 Å². The summed E-state index contributed by atoms with van der Waals surface area (Å²) in [7, 11) is 0. The van der Waals surface area contributed by atoms with Crippen LogP contribution in [0.5, 0.6) is 0 Å². The van der Waals surface area contributed by atoms with E-state index in [9.17, 15) is 10.1 Å². The van der Waals surface area contributed by atoms with Gasteiger partial charge < -0.3 is 9.47 Å². The molecule has 2 heterocycles. The van der Waals surface area contributed by atoms with Crippen LogP contribution in [0.15, 0.2) is 61.1 Å². The number of nitrogens with zero attached hydrogens (tertiary/aromatic N) is 4. The van der Waals surface area contributed by atoms with Crippen molar-refractivity contribution in [3.63, 3.8) is 0 Å². The lowest BCUT2D eigenvalue weighted by molar-refractivity contribution is 0.206. The Balaban J connectivity index is 1.90. The van der Waals surface area contributed by atoms with Crippen molar-refractivity contribution < 1.29 is 4.79 Å². The lowest BCUT2D eigenvalue weighted by Crippen LogP contribution is -2.35. The first-order chi connectivity index (χ1) is 14.3. The van der Waals surface area contributed by atoms with Crippen LogP contribution in [0.1, 0.15) is 43.0 Å². The number of pyridine rings is 1. The summed E-state index contributed by atoms with van der Waals surface area (Å²) in [6.45, 7) is 9.03. The van der Waals surface area contributed by atoms with Crippen LogP contribution >= 0.6 is 0 Å². The number of anilines is 1. The van der Waals surface area contributed by atoms with E-state index in [4.69, 9.17) is 0 Å². The number of urea groups is 1. The molecule has 2 aromatic heterocycles. The van der Waals surface area contributed by atoms with Gasteiger partial charge in [-0.3, -0.25) is 10.3 Å². The summed E-state index contributed by atoms with van der Waals surface area (Å²) >= 11 is 0. The summed E-state index contributed by atoms with van der Waals surface area (Å²) in [6.07, 6.45) is 5.25. The molecule has 0 aliphatic heterocycles. The molecule has 3 rings (SSSR count). The van der Waals surface area contributed by atoms with Gasteiger partial charge in [-0.25, -0.2) is 4.79 Å². The van der Waals surface area contributed by atoms with E-state index in [1.165, 1.54) is 0 Å². The minimum atomic E-state index is -0.276. The third-order valence-electron chi connectivity index (χ3n) is 4.91. The Kier molecular flexibility index (Phi) is 6.22. The standard InChI is InChI=1S/C24H27N5O/c1-18-8-5-6-10-21(18)17-28(15-19-9-7-11-26-14-19)23(30)27-22-12-20(13-25)16-29(22)24(2,3)4/h5-12,14,16H,15,17H2,1-4H3,(H,27,30). The summed E-state index contributed by atoms with van der Waals surface area (Å²) in [4.78, 5) is 19.2. The molecule has 0 fully saturated rings. The lowest BCUT2D eigenvalue weighted by Gasteiger charge is -2.27. The van der Waals surface area contributed by atoms with Crippen LogP contribution in [0.3, 0.4) is 0 Å². The molecule has 6 nitrogen and oxygen atoms in total. The number of rotatable bonds is 5. The van der Waals surface area contributed by atoms with Gasteiger partial charge in [0.05, 0.1) is 5.56 Å². The Morgan fingerprint density at radius 1 is 1.20 bits per heavy atom. The van der Waals surface area contributed by atoms with E-state index in [1.54, 1.807) is 29.6 Å². The molecule has 0 saturated carbocycles. The van der Waals surface area contributed by atoms with E-state index < -0.39 is 0 Å². The van der Waals surface area contributed by atoms with Crippen molar-refractivity contribution in [1.82, 2.24) is 14.5 Å². The van der Waals surface area contributed by atoms with Gasteiger partial charge in [0, 0.05) is 37.2 Å². The third kappa shape index (κ3) is 5.06. The SMILES string of the molecule is Cc1ccccc1CN(Cc1cccnc1)C(=O)Nc1cc(C#N)cn1C(C)(C)C. The Morgan fingerprint density at radius 2 is 1.97 bits per heavy atom. The molecule has 0 unspecified atom stereocenters. The molecule has 0 aliphatic rings. The maximum absolute atomic E-state index is 13.3. The van der Waals surface area contributed by atoms with Crippen LogP contribution in [0, 0.1) is 18.3 Å². The fourth-order valence-electron chi connectivity index (χ4n) is 3.27. The Labute approximate surface area is 177 Å². The summed E-state index contributed by atoms with van der Waals surface area (Å²) in [5.41, 5.74) is 3.40. The second kappa shape index (κ2) is 8.83. The van der Waals surface area contributed by atoms with Gasteiger partial charge in [-0.1, -0.05) is 30.3 Å². The van der Waals surface area contributed by atoms with Gasteiger partial charge in [0.25, 0.3) is 0 Å². The average Bonchev–Trinajstić information content (AvgIpc) is 3.13. The zero-order valence-electron chi connectivity index (χ0n) is 17.9. The zero-order chi connectivity index (χ0) is 21.7. The van der Waals surface area contributed by atoms with Crippen LogP contribution in [0.4, 0.5) is 10.6 Å². The number of hydrogen-bond acceptors (Lipinski definition) is 3. The summed E-state index contributed by atoms with van der Waals surface area (Å²) in [5, 5.41) is 12.3. The smallest absolute Gasteiger partial charge is 0.323 e. The van der Waals surface area contributed by atoms with Crippen LogP contribution in [-0.4, -0.2) is 20.5 Å². The molecule has 1 N–H and O–H groups in total. The van der Waals surface area contributed by atoms with E-state index in [1.807, 2.05) is 68.7 Å². The van der Waals surface area contributed by atoms with Gasteiger partial charge in [0.2, 0.25) is 0 Å². The molecule has 0 spiro atoms. The second-order valence-corrected chi connectivity index (χ2v) is 8.34. The lowest BCUT2D eigenvalue weighted by atomic mass is 10.1. The zero-order valence-corrected chi connectivity index (χ0v) is 17.9. The monoisotopic (exact) mass is 401 g/mol. The second-order valence-electron chi connectivity index (χ2n) is 8.34. The molecule has 154 valence electrons. The van der Waals surface area contributed by atoms with Crippen molar-refractivity contribution in [2.75, 3.05) is 5.32 Å². The highest BCUT2D eigenvalue weighted by atomic mass is 16.2. The molecule has 6 heteroatoms. The number of nitriles is 1. The van der Waals surface area contributed by atoms with Crippen molar-refractivity contribution in [1.29, 1.82) is 5.26 Å². The predicted molar refractivity (Wildman–Crippen MR) is 118 cm³/mol. The molecule has 1 aromatic carbocycles. The highest BCUT2D eigenvalue weighted by molar-refractivity contribution is 5.89. The topological polar surface area (TPSA) is 74.0 Å². The number of aryl methyl sites for hydroxylation is 1. The minimum Gasteiger partial charge on any atom is -0.328 e. The number of amides is 2. The van der Waals surface area contributed by atoms with E-state index >= 15 is 0 Å². The van der Waals surface area contributed by atoms with E-state index in [0.717, 1.165) is 16.7 Å². The van der Waals surface area contributed by atoms with Crippen molar-refractivity contribution >= 4 is 11.8 Å². The van der Waals surface area contributed by atoms with Crippen LogP contribution in [-0.2, 0) is 18.6 Å². The maximum Gasteiger partial charge on any atom is 0.323 e. The predicted octanol–water partition coefficient (Wildman–Crippen LogP) is 5.05. The molecule has 0 radical (unpaired) electrons. The van der Waals surface area contributed by atoms with Gasteiger partial charge in [-0.05, 0) is 56.5 Å². The normalized spacial score (nSPS) is 11.0. The summed E-state index contributed by atoms with van der Waals surface area (Å²) < 4.78 is 1.92. The first-order valence-electron chi connectivity index (χ1n) is 9.90. The van der Waals surface area contributed by atoms with Crippen LogP contribution in [0.25, 0.3) is 0 Å². The van der Waals surface area contributed by atoms with Crippen molar-refractivity contribution in [2.24, 2.45) is 0 Å². The van der Waals surface area contributed by atoms with Gasteiger partial charge >= 0.3 is 6.03 Å². The fourth-order valence-corrected chi connectivity index (χ4v) is 3.27. The quantitative estimate of drug-likeness (QED) is 0.650. The van der Waals surface area contributed by atoms with Gasteiger partial charge in [-0.2, -0.15) is 5.26 Å². The van der Waals surface area contributed by atoms with Gasteiger partial charge in [-0.15, -0.1) is 0 Å². The number of carbonyl (C=O) groups excluding carboxylic acids is 1. The van der Waals surface area contributed by atoms with Crippen molar-refractivity contribution in [2.45, 2.75) is 46.3 Å². The number of nitrogens with one attached hydrogen (secondary N) is 1. The number of carbonyl (C=O) groups is 1. The minimum absolute atomic E-state index is 0.227. The molecule has 0 bridgehead atoms. The van der Waals surface area contributed by atoms with Crippen molar-refractivity contribution in [3.05, 3.63) is 83.3 Å².